The van der Waals surface area contributed by atoms with Gasteiger partial charge in [-0.05, 0) is 57.8 Å². The molecule has 1 fully saturated rings. The lowest BCUT2D eigenvalue weighted by atomic mass is 9.92. The lowest BCUT2D eigenvalue weighted by Gasteiger charge is -2.50. The molecule has 21 heteroatoms. The third-order valence-electron chi connectivity index (χ3n) is 19.4. The van der Waals surface area contributed by atoms with Crippen LogP contribution in [-0.2, 0) is 66.3 Å². The number of carbonyl (C=O) groups is 6. The van der Waals surface area contributed by atoms with Gasteiger partial charge in [-0.2, -0.15) is 0 Å². The Kier molecular flexibility index (Phi) is 61.7. The minimum Gasteiger partial charge on any atom is -0.462 e. The number of esters is 4. The van der Waals surface area contributed by atoms with E-state index < -0.39 is 112 Å². The van der Waals surface area contributed by atoms with Crippen molar-refractivity contribution >= 4 is 43.5 Å². The van der Waals surface area contributed by atoms with E-state index in [0.717, 1.165) is 205 Å². The summed E-state index contributed by atoms with van der Waals surface area (Å²) in [5.41, 5.74) is -3.07. The van der Waals surface area contributed by atoms with Crippen molar-refractivity contribution in [2.24, 2.45) is 0 Å². The summed E-state index contributed by atoms with van der Waals surface area (Å²) < 4.78 is 54.5. The zero-order valence-corrected chi connectivity index (χ0v) is 65.8. The van der Waals surface area contributed by atoms with E-state index in [4.69, 9.17) is 32.9 Å². The molecule has 20 nitrogen and oxygen atoms in total. The molecule has 0 aromatic rings. The maximum absolute atomic E-state index is 14.8. The highest BCUT2D eigenvalue weighted by atomic mass is 31.2. The Hall–Kier alpha value is -3.23. The molecule has 594 valence electrons. The number of hydrogen-bond acceptors (Lipinski definition) is 16. The molecule has 1 rings (SSSR count). The molecule has 101 heavy (non-hydrogen) atoms. The molecule has 0 aromatic heterocycles. The van der Waals surface area contributed by atoms with Gasteiger partial charge < -0.3 is 59.1 Å². The van der Waals surface area contributed by atoms with E-state index in [-0.39, 0.29) is 44.6 Å². The van der Waals surface area contributed by atoms with Gasteiger partial charge in [0.2, 0.25) is 23.8 Å². The zero-order valence-electron chi connectivity index (χ0n) is 64.9. The van der Waals surface area contributed by atoms with Crippen molar-refractivity contribution in [3.8, 4) is 0 Å². The molecule has 0 aromatic carbocycles. The van der Waals surface area contributed by atoms with Crippen LogP contribution in [0.25, 0.3) is 0 Å². The zero-order chi connectivity index (χ0) is 74.3. The normalized spacial score (nSPS) is 17.8. The van der Waals surface area contributed by atoms with Crippen molar-refractivity contribution in [1.82, 2.24) is 10.6 Å². The Balaban J connectivity index is 3.76. The van der Waals surface area contributed by atoms with Gasteiger partial charge in [-0.3, -0.25) is 33.3 Å². The first-order chi connectivity index (χ1) is 48.9. The molecular weight excluding hydrogens is 1310 g/mol. The van der Waals surface area contributed by atoms with E-state index in [1.807, 2.05) is 0 Å². The first-order valence-electron chi connectivity index (χ1n) is 41.6. The number of aliphatic hydroxyl groups excluding tert-OH is 1. The Bertz CT molecular complexity index is 2080. The van der Waals surface area contributed by atoms with Crippen molar-refractivity contribution in [3.63, 3.8) is 0 Å². The van der Waals surface area contributed by atoms with Crippen LogP contribution in [0.5, 0.6) is 0 Å². The summed E-state index contributed by atoms with van der Waals surface area (Å²) in [6.07, 6.45) is 38.6. The maximum Gasteiger partial charge on any atom is 0.470 e. The first-order valence-corrected chi connectivity index (χ1v) is 43.1. The standard InChI is InChI=1S/C80H151N2O18P/c1-7-13-19-25-31-34-40-43-49-55-67(95-73(86)58-52-46-37-28-22-16-10-4)63-71(84)81-61-62-94-79-80(90,82-72(85)64-68(56-50-44-41-35-32-26-20-14-8-2)96-74(87)59-53-47-38-29-23-17-11-5)78(77(70(66-83)98-79)100-101(91,92)93)99-76(89)65-69(57-51-45-42-36-33-27-21-15-9-3)97-75(88)60-54-48-39-30-24-18-12-6/h67-70,77-79,83,90H,7-66H2,1-6H3,(H,81,84)(H,82,85)(H2,91,92,93)/t67-,68-,69-,70-,77-,78+,79-,80-/m1/s1. The van der Waals surface area contributed by atoms with Gasteiger partial charge in [0.25, 0.3) is 0 Å². The van der Waals surface area contributed by atoms with Crippen LogP contribution in [0.1, 0.15) is 408 Å². The molecule has 8 atom stereocenters. The molecule has 0 spiro atoms. The highest BCUT2D eigenvalue weighted by Crippen LogP contribution is 2.44. The van der Waals surface area contributed by atoms with Crippen LogP contribution >= 0.6 is 7.82 Å². The number of nitrogens with one attached hydrogen (secondary N) is 2. The number of rotatable bonds is 72. The van der Waals surface area contributed by atoms with E-state index in [0.29, 0.717) is 44.9 Å². The predicted octanol–water partition coefficient (Wildman–Crippen LogP) is 19.1. The summed E-state index contributed by atoms with van der Waals surface area (Å²) in [5.74, 6) is -3.84. The molecule has 1 aliphatic rings. The fourth-order valence-corrected chi connectivity index (χ4v) is 13.9. The quantitative estimate of drug-likeness (QED) is 0.0108. The fraction of sp³-hybridized carbons (Fsp3) is 0.925. The summed E-state index contributed by atoms with van der Waals surface area (Å²) in [6, 6.07) is 0. The van der Waals surface area contributed by atoms with Crippen LogP contribution in [-0.4, -0.2) is 124 Å². The molecule has 2 amide bonds. The molecule has 1 heterocycles. The van der Waals surface area contributed by atoms with Crippen LogP contribution in [0.15, 0.2) is 0 Å². The van der Waals surface area contributed by atoms with Gasteiger partial charge in [0.15, 0.2) is 6.10 Å². The summed E-state index contributed by atoms with van der Waals surface area (Å²) in [6.45, 7) is 11.4. The SMILES string of the molecule is CCCCCCCCCCC[C@H](CC(=O)NCCO[C@@H]1O[C@H](CO)[C@@H](OP(=O)(O)O)[C@H](OC(=O)C[C@@H](CCCCCCCCCCC)OC(=O)CCCCCCCCC)[C@]1(O)NC(=O)C[C@@H](CCCCCCCCCCC)OC(=O)CCCCCCCCC)OC(=O)CCCCCCCCC. The topological polar surface area (TPSA) is 289 Å². The molecule has 1 saturated heterocycles. The van der Waals surface area contributed by atoms with Crippen LogP contribution < -0.4 is 10.6 Å². The largest absolute Gasteiger partial charge is 0.470 e. The maximum atomic E-state index is 14.8. The fourth-order valence-electron chi connectivity index (χ4n) is 13.4. The van der Waals surface area contributed by atoms with Gasteiger partial charge in [0.1, 0.15) is 30.5 Å². The van der Waals surface area contributed by atoms with Crippen LogP contribution in [0.2, 0.25) is 0 Å². The number of hydrogen-bond donors (Lipinski definition) is 6. The van der Waals surface area contributed by atoms with Crippen molar-refractivity contribution in [1.29, 1.82) is 0 Å². The van der Waals surface area contributed by atoms with Gasteiger partial charge in [-0.25, -0.2) is 4.57 Å². The van der Waals surface area contributed by atoms with Crippen LogP contribution in [0.4, 0.5) is 0 Å². The average Bonchev–Trinajstić information content (AvgIpc) is 0.751. The third kappa shape index (κ3) is 53.2. The number of phosphoric acid groups is 1. The van der Waals surface area contributed by atoms with Crippen molar-refractivity contribution in [3.05, 3.63) is 0 Å². The highest BCUT2D eigenvalue weighted by Gasteiger charge is 2.61. The number of phosphoric ester groups is 1. The number of amides is 2. The Labute approximate surface area is 613 Å². The summed E-state index contributed by atoms with van der Waals surface area (Å²) >= 11 is 0. The Morgan fingerprint density at radius 2 is 0.713 bits per heavy atom. The van der Waals surface area contributed by atoms with E-state index in [1.165, 1.54) is 70.6 Å². The monoisotopic (exact) mass is 1460 g/mol. The number of ether oxygens (including phenoxy) is 6. The third-order valence-corrected chi connectivity index (χ3v) is 20.0. The van der Waals surface area contributed by atoms with E-state index in [9.17, 15) is 53.3 Å². The van der Waals surface area contributed by atoms with Gasteiger partial charge in [-0.15, -0.1) is 0 Å². The first kappa shape index (κ1) is 95.8. The minimum absolute atomic E-state index is 0.125. The molecule has 0 radical (unpaired) electrons. The van der Waals surface area contributed by atoms with Crippen LogP contribution in [0.3, 0.4) is 0 Å². The van der Waals surface area contributed by atoms with Gasteiger partial charge in [0, 0.05) is 25.8 Å². The second-order valence-corrected chi connectivity index (χ2v) is 30.4. The van der Waals surface area contributed by atoms with Gasteiger partial charge in [-0.1, -0.05) is 311 Å². The van der Waals surface area contributed by atoms with Crippen molar-refractivity contribution < 1.29 is 86.3 Å². The molecule has 0 saturated carbocycles. The summed E-state index contributed by atoms with van der Waals surface area (Å²) in [7, 11) is -5.60. The minimum atomic E-state index is -5.60. The molecule has 0 aliphatic carbocycles. The van der Waals surface area contributed by atoms with Gasteiger partial charge >= 0.3 is 31.7 Å². The van der Waals surface area contributed by atoms with E-state index in [1.54, 1.807) is 0 Å². The number of carbonyl (C=O) groups excluding carboxylic acids is 6. The number of aliphatic hydroxyl groups is 2. The summed E-state index contributed by atoms with van der Waals surface area (Å²) in [5, 5.41) is 29.4. The smallest absolute Gasteiger partial charge is 0.462 e. The highest BCUT2D eigenvalue weighted by molar-refractivity contribution is 7.46. The lowest BCUT2D eigenvalue weighted by molar-refractivity contribution is -0.346. The lowest BCUT2D eigenvalue weighted by Crippen LogP contribution is -2.75. The molecule has 0 unspecified atom stereocenters. The molecule has 6 N–H and O–H groups in total. The van der Waals surface area contributed by atoms with Crippen molar-refractivity contribution in [2.75, 3.05) is 19.8 Å². The summed E-state index contributed by atoms with van der Waals surface area (Å²) in [4.78, 5) is 104. The molecular formula is C80H151N2O18P. The average molecular weight is 1460 g/mol. The Morgan fingerprint density at radius 1 is 0.416 bits per heavy atom. The van der Waals surface area contributed by atoms with E-state index in [2.05, 4.69) is 52.2 Å². The van der Waals surface area contributed by atoms with Gasteiger partial charge in [0.05, 0.1) is 32.5 Å². The Morgan fingerprint density at radius 3 is 1.03 bits per heavy atom. The molecule has 0 bridgehead atoms. The second-order valence-electron chi connectivity index (χ2n) is 29.2. The van der Waals surface area contributed by atoms with Crippen molar-refractivity contribution in [2.45, 2.75) is 456 Å². The second kappa shape index (κ2) is 65.1. The number of unbranched alkanes of at least 4 members (excludes halogenated alkanes) is 42. The predicted molar refractivity (Wildman–Crippen MR) is 401 cm³/mol. The molecule has 1 aliphatic heterocycles. The van der Waals surface area contributed by atoms with E-state index >= 15 is 0 Å². The van der Waals surface area contributed by atoms with Crippen LogP contribution in [0, 0.1) is 0 Å².